The highest BCUT2D eigenvalue weighted by molar-refractivity contribution is 5.92. The Labute approximate surface area is 120 Å². The molecule has 1 amide bonds. The van der Waals surface area contributed by atoms with Crippen LogP contribution in [-0.4, -0.2) is 39.4 Å². The van der Waals surface area contributed by atoms with Gasteiger partial charge < -0.3 is 14.4 Å². The van der Waals surface area contributed by atoms with Gasteiger partial charge in [0.05, 0.1) is 6.07 Å². The molecule has 1 fully saturated rings. The quantitative estimate of drug-likeness (QED) is 0.657. The number of carboxylic acids is 1. The monoisotopic (exact) mass is 296 g/mol. The standard InChI is InChI=1S/C13H16N2O6/c16-12(17)7-4-9-3-1-2-8-14(9)13(18)10-5-6-11(21-10)15(19)20/h5-6,9H,1-4,7-8H2,(H,16,17). The van der Waals surface area contributed by atoms with E-state index in [1.54, 1.807) is 4.90 Å². The van der Waals surface area contributed by atoms with Crippen LogP contribution in [0.1, 0.15) is 42.7 Å². The van der Waals surface area contributed by atoms with Crippen molar-refractivity contribution in [2.24, 2.45) is 0 Å². The lowest BCUT2D eigenvalue weighted by molar-refractivity contribution is -0.402. The molecule has 8 nitrogen and oxygen atoms in total. The number of hydrogen-bond donors (Lipinski definition) is 1. The molecule has 0 aromatic carbocycles. The van der Waals surface area contributed by atoms with Gasteiger partial charge in [-0.15, -0.1) is 0 Å². The number of rotatable bonds is 5. The van der Waals surface area contributed by atoms with Crippen LogP contribution in [0.25, 0.3) is 0 Å². The molecule has 0 bridgehead atoms. The van der Waals surface area contributed by atoms with Gasteiger partial charge in [0.25, 0.3) is 5.91 Å². The van der Waals surface area contributed by atoms with Crippen LogP contribution in [0.15, 0.2) is 16.5 Å². The van der Waals surface area contributed by atoms with Crippen LogP contribution < -0.4 is 0 Å². The van der Waals surface area contributed by atoms with Crippen molar-refractivity contribution in [3.8, 4) is 0 Å². The fourth-order valence-corrected chi connectivity index (χ4v) is 2.54. The third kappa shape index (κ3) is 3.59. The maximum absolute atomic E-state index is 12.4. The zero-order valence-corrected chi connectivity index (χ0v) is 11.4. The minimum Gasteiger partial charge on any atom is -0.481 e. The first-order chi connectivity index (χ1) is 9.99. The summed E-state index contributed by atoms with van der Waals surface area (Å²) in [6.07, 6.45) is 2.88. The fourth-order valence-electron chi connectivity index (χ4n) is 2.54. The maximum Gasteiger partial charge on any atom is 0.433 e. The van der Waals surface area contributed by atoms with E-state index in [0.29, 0.717) is 13.0 Å². The first-order valence-electron chi connectivity index (χ1n) is 6.76. The van der Waals surface area contributed by atoms with Gasteiger partial charge in [-0.1, -0.05) is 0 Å². The molecular weight excluding hydrogens is 280 g/mol. The van der Waals surface area contributed by atoms with Crippen molar-refractivity contribution in [1.82, 2.24) is 4.90 Å². The van der Waals surface area contributed by atoms with Gasteiger partial charge in [-0.2, -0.15) is 0 Å². The molecule has 2 heterocycles. The molecule has 1 aromatic rings. The molecule has 0 radical (unpaired) electrons. The summed E-state index contributed by atoms with van der Waals surface area (Å²) in [5.41, 5.74) is 0. The normalized spacial score (nSPS) is 18.5. The Bertz CT molecular complexity index is 553. The summed E-state index contributed by atoms with van der Waals surface area (Å²) in [6, 6.07) is 2.26. The van der Waals surface area contributed by atoms with Gasteiger partial charge in [0.1, 0.15) is 4.92 Å². The Hall–Kier alpha value is -2.38. The van der Waals surface area contributed by atoms with Crippen LogP contribution in [-0.2, 0) is 4.79 Å². The van der Waals surface area contributed by atoms with Crippen molar-refractivity contribution >= 4 is 17.8 Å². The van der Waals surface area contributed by atoms with Gasteiger partial charge in [0.15, 0.2) is 5.76 Å². The molecule has 2 rings (SSSR count). The topological polar surface area (TPSA) is 114 Å². The molecule has 1 atom stereocenters. The second-order valence-corrected chi connectivity index (χ2v) is 4.98. The fraction of sp³-hybridized carbons (Fsp3) is 0.538. The maximum atomic E-state index is 12.4. The highest BCUT2D eigenvalue weighted by atomic mass is 16.6. The second-order valence-electron chi connectivity index (χ2n) is 4.98. The number of furan rings is 1. The first kappa shape index (κ1) is 15.0. The summed E-state index contributed by atoms with van der Waals surface area (Å²) in [5.74, 6) is -1.87. The summed E-state index contributed by atoms with van der Waals surface area (Å²) in [7, 11) is 0. The van der Waals surface area contributed by atoms with Crippen LogP contribution in [0.5, 0.6) is 0 Å². The predicted octanol–water partition coefficient (Wildman–Crippen LogP) is 2.05. The van der Waals surface area contributed by atoms with Gasteiger partial charge in [0, 0.05) is 19.0 Å². The molecule has 1 saturated heterocycles. The minimum absolute atomic E-state index is 0.00719. The van der Waals surface area contributed by atoms with Gasteiger partial charge in [-0.3, -0.25) is 19.7 Å². The van der Waals surface area contributed by atoms with E-state index < -0.39 is 22.7 Å². The Morgan fingerprint density at radius 2 is 2.19 bits per heavy atom. The van der Waals surface area contributed by atoms with E-state index in [1.165, 1.54) is 6.07 Å². The average Bonchev–Trinajstić information content (AvgIpc) is 2.94. The number of carboxylic acid groups (broad SMARTS) is 1. The Morgan fingerprint density at radius 3 is 2.81 bits per heavy atom. The van der Waals surface area contributed by atoms with Crippen LogP contribution in [0.4, 0.5) is 5.88 Å². The number of carbonyl (C=O) groups is 2. The first-order valence-corrected chi connectivity index (χ1v) is 6.76. The number of nitro groups is 1. The molecule has 114 valence electrons. The van der Waals surface area contributed by atoms with Crippen LogP contribution >= 0.6 is 0 Å². The van der Waals surface area contributed by atoms with Crippen LogP contribution in [0.3, 0.4) is 0 Å². The van der Waals surface area contributed by atoms with Crippen molar-refractivity contribution in [3.63, 3.8) is 0 Å². The summed E-state index contributed by atoms with van der Waals surface area (Å²) in [5, 5.41) is 19.3. The molecule has 1 aliphatic heterocycles. The van der Waals surface area contributed by atoms with Gasteiger partial charge >= 0.3 is 11.9 Å². The van der Waals surface area contributed by atoms with E-state index in [0.717, 1.165) is 25.3 Å². The number of hydrogen-bond acceptors (Lipinski definition) is 5. The number of likely N-dealkylation sites (tertiary alicyclic amines) is 1. The molecule has 1 aliphatic rings. The molecule has 1 aromatic heterocycles. The number of nitrogens with zero attached hydrogens (tertiary/aromatic N) is 2. The van der Waals surface area contributed by atoms with Crippen LogP contribution in [0.2, 0.25) is 0 Å². The number of piperidine rings is 1. The molecule has 1 unspecified atom stereocenters. The third-order valence-corrected chi connectivity index (χ3v) is 3.56. The molecule has 0 spiro atoms. The van der Waals surface area contributed by atoms with Crippen molar-refractivity contribution in [2.75, 3.05) is 6.54 Å². The second kappa shape index (κ2) is 6.38. The predicted molar refractivity (Wildman–Crippen MR) is 70.9 cm³/mol. The molecule has 8 heteroatoms. The van der Waals surface area contributed by atoms with Crippen molar-refractivity contribution in [1.29, 1.82) is 0 Å². The lowest BCUT2D eigenvalue weighted by Crippen LogP contribution is -2.43. The lowest BCUT2D eigenvalue weighted by atomic mass is 9.97. The van der Waals surface area contributed by atoms with Gasteiger partial charge in [-0.25, -0.2) is 0 Å². The van der Waals surface area contributed by atoms with E-state index in [9.17, 15) is 19.7 Å². The molecule has 0 aliphatic carbocycles. The van der Waals surface area contributed by atoms with Gasteiger partial charge in [0.2, 0.25) is 0 Å². The summed E-state index contributed by atoms with van der Waals surface area (Å²) in [6.45, 7) is 0.512. The summed E-state index contributed by atoms with van der Waals surface area (Å²) < 4.78 is 4.93. The smallest absolute Gasteiger partial charge is 0.433 e. The highest BCUT2D eigenvalue weighted by Crippen LogP contribution is 2.25. The Kier molecular flexibility index (Phi) is 4.56. The molecular formula is C13H16N2O6. The number of amides is 1. The zero-order valence-electron chi connectivity index (χ0n) is 11.4. The largest absolute Gasteiger partial charge is 0.481 e. The van der Waals surface area contributed by atoms with E-state index in [-0.39, 0.29) is 18.2 Å². The van der Waals surface area contributed by atoms with E-state index in [2.05, 4.69) is 0 Å². The summed E-state index contributed by atoms with van der Waals surface area (Å²) in [4.78, 5) is 34.5. The average molecular weight is 296 g/mol. The van der Waals surface area contributed by atoms with Gasteiger partial charge in [-0.05, 0) is 31.7 Å². The van der Waals surface area contributed by atoms with E-state index in [1.807, 2.05) is 0 Å². The van der Waals surface area contributed by atoms with E-state index >= 15 is 0 Å². The van der Waals surface area contributed by atoms with Crippen molar-refractivity contribution in [2.45, 2.75) is 38.1 Å². The molecule has 1 N–H and O–H groups in total. The minimum atomic E-state index is -0.901. The zero-order chi connectivity index (χ0) is 15.4. The van der Waals surface area contributed by atoms with Crippen LogP contribution in [0, 0.1) is 10.1 Å². The number of carbonyl (C=O) groups excluding carboxylic acids is 1. The highest BCUT2D eigenvalue weighted by Gasteiger charge is 2.30. The number of aliphatic carboxylic acids is 1. The third-order valence-electron chi connectivity index (χ3n) is 3.56. The Balaban J connectivity index is 2.10. The Morgan fingerprint density at radius 1 is 1.43 bits per heavy atom. The molecule has 21 heavy (non-hydrogen) atoms. The SMILES string of the molecule is O=C(O)CCC1CCCCN1C(=O)c1ccc([N+](=O)[O-])o1. The van der Waals surface area contributed by atoms with Crippen molar-refractivity contribution in [3.05, 3.63) is 28.0 Å². The molecule has 0 saturated carbocycles. The van der Waals surface area contributed by atoms with Crippen molar-refractivity contribution < 1.29 is 24.0 Å². The summed E-state index contributed by atoms with van der Waals surface area (Å²) >= 11 is 0. The lowest BCUT2D eigenvalue weighted by Gasteiger charge is -2.35. The van der Waals surface area contributed by atoms with E-state index in [4.69, 9.17) is 9.52 Å².